The van der Waals surface area contributed by atoms with Gasteiger partial charge in [-0.3, -0.25) is 0 Å². The van der Waals surface area contributed by atoms with E-state index < -0.39 is 0 Å². The number of hydrogen-bond donors (Lipinski definition) is 2. The molecule has 0 aromatic heterocycles. The molecule has 3 nitrogen and oxygen atoms in total. The minimum atomic E-state index is -0.122. The highest BCUT2D eigenvalue weighted by Gasteiger charge is 2.22. The summed E-state index contributed by atoms with van der Waals surface area (Å²) in [5, 5.41) is 13.2. The third-order valence-electron chi connectivity index (χ3n) is 3.63. The van der Waals surface area contributed by atoms with E-state index in [1.54, 1.807) is 0 Å². The first-order chi connectivity index (χ1) is 7.36. The van der Waals surface area contributed by atoms with Gasteiger partial charge in [-0.05, 0) is 38.6 Å². The average Bonchev–Trinajstić information content (AvgIpc) is 2.74. The van der Waals surface area contributed by atoms with Gasteiger partial charge in [0.25, 0.3) is 0 Å². The van der Waals surface area contributed by atoms with E-state index >= 15 is 0 Å². The number of rotatable bonds is 4. The van der Waals surface area contributed by atoms with Gasteiger partial charge in [-0.25, -0.2) is 0 Å². The number of hydrogen-bond acceptors (Lipinski definition) is 3. The topological polar surface area (TPSA) is 41.5 Å². The molecular weight excluding hydrogens is 190 g/mol. The number of aliphatic hydroxyl groups is 1. The van der Waals surface area contributed by atoms with Crippen LogP contribution in [-0.4, -0.2) is 36.5 Å². The highest BCUT2D eigenvalue weighted by Crippen LogP contribution is 2.19. The summed E-state index contributed by atoms with van der Waals surface area (Å²) in [4.78, 5) is 0. The second-order valence-electron chi connectivity index (χ2n) is 4.84. The van der Waals surface area contributed by atoms with Crippen molar-refractivity contribution in [3.8, 4) is 0 Å². The van der Waals surface area contributed by atoms with Crippen LogP contribution in [0.1, 0.15) is 44.9 Å². The van der Waals surface area contributed by atoms with Crippen molar-refractivity contribution in [3.05, 3.63) is 0 Å². The lowest BCUT2D eigenvalue weighted by Gasteiger charge is -2.28. The third kappa shape index (κ3) is 3.44. The van der Waals surface area contributed by atoms with Crippen LogP contribution >= 0.6 is 0 Å². The number of aliphatic hydroxyl groups excluding tert-OH is 1. The lowest BCUT2D eigenvalue weighted by molar-refractivity contribution is 0.0801. The molecule has 1 saturated carbocycles. The van der Waals surface area contributed by atoms with E-state index in [1.165, 1.54) is 25.7 Å². The molecule has 1 aliphatic heterocycles. The fraction of sp³-hybridized carbons (Fsp3) is 1.00. The van der Waals surface area contributed by atoms with Gasteiger partial charge < -0.3 is 15.2 Å². The van der Waals surface area contributed by atoms with E-state index in [-0.39, 0.29) is 6.10 Å². The van der Waals surface area contributed by atoms with Gasteiger partial charge in [0.15, 0.2) is 0 Å². The maximum atomic E-state index is 9.77. The van der Waals surface area contributed by atoms with Crippen molar-refractivity contribution in [2.45, 2.75) is 63.2 Å². The lowest BCUT2D eigenvalue weighted by Crippen LogP contribution is -2.42. The Morgan fingerprint density at radius 3 is 2.73 bits per heavy atom. The van der Waals surface area contributed by atoms with E-state index in [0.717, 1.165) is 32.4 Å². The highest BCUT2D eigenvalue weighted by molar-refractivity contribution is 4.80. The fourth-order valence-electron chi connectivity index (χ4n) is 2.65. The third-order valence-corrected chi connectivity index (χ3v) is 3.63. The van der Waals surface area contributed by atoms with Crippen LogP contribution < -0.4 is 5.32 Å². The Labute approximate surface area is 92.2 Å². The highest BCUT2D eigenvalue weighted by atomic mass is 16.5. The van der Waals surface area contributed by atoms with E-state index in [0.29, 0.717) is 12.1 Å². The van der Waals surface area contributed by atoms with Gasteiger partial charge >= 0.3 is 0 Å². The van der Waals surface area contributed by atoms with Crippen LogP contribution in [0.25, 0.3) is 0 Å². The van der Waals surface area contributed by atoms with Crippen molar-refractivity contribution in [2.24, 2.45) is 0 Å². The maximum absolute atomic E-state index is 9.77. The van der Waals surface area contributed by atoms with E-state index in [9.17, 15) is 5.11 Å². The van der Waals surface area contributed by atoms with Crippen LogP contribution in [0.4, 0.5) is 0 Å². The van der Waals surface area contributed by atoms with Gasteiger partial charge in [-0.1, -0.05) is 12.8 Å². The molecule has 0 amide bonds. The zero-order chi connectivity index (χ0) is 10.5. The van der Waals surface area contributed by atoms with Gasteiger partial charge in [-0.15, -0.1) is 0 Å². The normalized spacial score (nSPS) is 37.0. The predicted octanol–water partition coefficient (Wildman–Crippen LogP) is 1.45. The largest absolute Gasteiger partial charge is 0.392 e. The molecule has 2 aliphatic rings. The molecule has 3 heteroatoms. The molecule has 1 aliphatic carbocycles. The van der Waals surface area contributed by atoms with Crippen molar-refractivity contribution in [2.75, 3.05) is 13.2 Å². The van der Waals surface area contributed by atoms with Crippen LogP contribution in [0, 0.1) is 0 Å². The number of ether oxygens (including phenoxy) is 1. The summed E-state index contributed by atoms with van der Waals surface area (Å²) in [7, 11) is 0. The van der Waals surface area contributed by atoms with Gasteiger partial charge in [-0.2, -0.15) is 0 Å². The Bertz CT molecular complexity index is 180. The Morgan fingerprint density at radius 2 is 2.00 bits per heavy atom. The van der Waals surface area contributed by atoms with Gasteiger partial charge in [0.2, 0.25) is 0 Å². The van der Waals surface area contributed by atoms with Crippen LogP contribution in [0.5, 0.6) is 0 Å². The molecule has 15 heavy (non-hydrogen) atoms. The van der Waals surface area contributed by atoms with Crippen LogP contribution in [0.15, 0.2) is 0 Å². The molecule has 1 heterocycles. The molecule has 1 saturated heterocycles. The van der Waals surface area contributed by atoms with Gasteiger partial charge in [0.05, 0.1) is 12.2 Å². The van der Waals surface area contributed by atoms with Crippen molar-refractivity contribution in [1.29, 1.82) is 0 Å². The molecule has 88 valence electrons. The molecule has 0 spiro atoms. The Hall–Kier alpha value is -0.120. The molecule has 2 fully saturated rings. The second kappa shape index (κ2) is 5.83. The van der Waals surface area contributed by atoms with Crippen molar-refractivity contribution in [3.63, 3.8) is 0 Å². The SMILES string of the molecule is O[C@H]1CCCC[C@@H]1NCCC1CCCO1. The first-order valence-electron chi connectivity index (χ1n) is 6.39. The summed E-state index contributed by atoms with van der Waals surface area (Å²) in [6, 6.07) is 0.333. The first kappa shape index (κ1) is 11.4. The Balaban J connectivity index is 1.59. The summed E-state index contributed by atoms with van der Waals surface area (Å²) in [5.41, 5.74) is 0. The van der Waals surface area contributed by atoms with Crippen LogP contribution in [0.2, 0.25) is 0 Å². The summed E-state index contributed by atoms with van der Waals surface area (Å²) < 4.78 is 5.57. The lowest BCUT2D eigenvalue weighted by atomic mass is 9.92. The number of nitrogens with one attached hydrogen (secondary N) is 1. The summed E-state index contributed by atoms with van der Waals surface area (Å²) >= 11 is 0. The van der Waals surface area contributed by atoms with Crippen molar-refractivity contribution < 1.29 is 9.84 Å². The monoisotopic (exact) mass is 213 g/mol. The molecular formula is C12H23NO2. The molecule has 2 N–H and O–H groups in total. The standard InChI is InChI=1S/C12H23NO2/c14-12-6-2-1-5-11(12)13-8-7-10-4-3-9-15-10/h10-14H,1-9H2/t10?,11-,12-/m0/s1. The summed E-state index contributed by atoms with van der Waals surface area (Å²) in [5.74, 6) is 0. The second-order valence-corrected chi connectivity index (χ2v) is 4.84. The van der Waals surface area contributed by atoms with Gasteiger partial charge in [0, 0.05) is 12.6 Å². The molecule has 3 atom stereocenters. The smallest absolute Gasteiger partial charge is 0.0693 e. The molecule has 2 rings (SSSR count). The quantitative estimate of drug-likeness (QED) is 0.742. The maximum Gasteiger partial charge on any atom is 0.0693 e. The van der Waals surface area contributed by atoms with E-state index in [1.807, 2.05) is 0 Å². The zero-order valence-corrected chi connectivity index (χ0v) is 9.45. The first-order valence-corrected chi connectivity index (χ1v) is 6.39. The van der Waals surface area contributed by atoms with Crippen LogP contribution in [0.3, 0.4) is 0 Å². The average molecular weight is 213 g/mol. The van der Waals surface area contributed by atoms with Crippen LogP contribution in [-0.2, 0) is 4.74 Å². The minimum Gasteiger partial charge on any atom is -0.392 e. The molecule has 0 bridgehead atoms. The van der Waals surface area contributed by atoms with E-state index in [4.69, 9.17) is 4.74 Å². The molecule has 0 aromatic carbocycles. The zero-order valence-electron chi connectivity index (χ0n) is 9.45. The summed E-state index contributed by atoms with van der Waals surface area (Å²) in [6.07, 6.45) is 8.43. The summed E-state index contributed by atoms with van der Waals surface area (Å²) in [6.45, 7) is 1.93. The Morgan fingerprint density at radius 1 is 1.13 bits per heavy atom. The Kier molecular flexibility index (Phi) is 4.42. The predicted molar refractivity (Wildman–Crippen MR) is 59.9 cm³/mol. The van der Waals surface area contributed by atoms with Crippen molar-refractivity contribution >= 4 is 0 Å². The molecule has 0 aromatic rings. The fourth-order valence-corrected chi connectivity index (χ4v) is 2.65. The minimum absolute atomic E-state index is 0.122. The van der Waals surface area contributed by atoms with Gasteiger partial charge in [0.1, 0.15) is 0 Å². The van der Waals surface area contributed by atoms with E-state index in [2.05, 4.69) is 5.32 Å². The van der Waals surface area contributed by atoms with Crippen molar-refractivity contribution in [1.82, 2.24) is 5.32 Å². The molecule has 1 unspecified atom stereocenters. The molecule has 0 radical (unpaired) electrons.